The third kappa shape index (κ3) is 5.12. The highest BCUT2D eigenvalue weighted by Crippen LogP contribution is 2.34. The minimum atomic E-state index is -3.41. The largest absolute Gasteiger partial charge is 0.495 e. The van der Waals surface area contributed by atoms with Crippen molar-refractivity contribution in [1.29, 1.82) is 0 Å². The molecule has 0 radical (unpaired) electrons. The van der Waals surface area contributed by atoms with E-state index in [-0.39, 0.29) is 0 Å². The van der Waals surface area contributed by atoms with Crippen molar-refractivity contribution in [2.45, 2.75) is 0 Å². The average molecular weight is 496 g/mol. The smallest absolute Gasteiger partial charge is 0.229 e. The number of morpholine rings is 1. The van der Waals surface area contributed by atoms with Gasteiger partial charge >= 0.3 is 0 Å². The van der Waals surface area contributed by atoms with Gasteiger partial charge in [0.25, 0.3) is 0 Å². The number of aromatic nitrogens is 4. The van der Waals surface area contributed by atoms with E-state index in [4.69, 9.17) is 14.5 Å². The van der Waals surface area contributed by atoms with Crippen LogP contribution in [0.25, 0.3) is 22.4 Å². The van der Waals surface area contributed by atoms with E-state index < -0.39 is 10.0 Å². The summed E-state index contributed by atoms with van der Waals surface area (Å²) in [6, 6.07) is 12.8. The number of benzene rings is 2. The summed E-state index contributed by atoms with van der Waals surface area (Å²) in [4.78, 5) is 11.5. The molecule has 11 nitrogen and oxygen atoms in total. The fraction of sp³-hybridized carbons (Fsp3) is 0.261. The van der Waals surface area contributed by atoms with Crippen LogP contribution in [0.2, 0.25) is 0 Å². The molecule has 1 aliphatic heterocycles. The molecule has 0 bridgehead atoms. The molecule has 0 saturated carbocycles. The average Bonchev–Trinajstić information content (AvgIpc) is 3.33. The van der Waals surface area contributed by atoms with Crippen LogP contribution in [0.15, 0.2) is 48.7 Å². The van der Waals surface area contributed by atoms with Crippen LogP contribution in [0, 0.1) is 0 Å². The molecule has 35 heavy (non-hydrogen) atoms. The number of hydrogen-bond acceptors (Lipinski definition) is 9. The first-order chi connectivity index (χ1) is 16.9. The molecule has 3 N–H and O–H groups in total. The van der Waals surface area contributed by atoms with Gasteiger partial charge in [0, 0.05) is 36.1 Å². The summed E-state index contributed by atoms with van der Waals surface area (Å²) >= 11 is 0. The Morgan fingerprint density at radius 1 is 1.09 bits per heavy atom. The van der Waals surface area contributed by atoms with Gasteiger partial charge in [-0.15, -0.1) is 0 Å². The highest BCUT2D eigenvalue weighted by molar-refractivity contribution is 7.92. The SMILES string of the molecule is COc1cc(Nc2nc(-c3cccc(NS(C)(=O)=O)c3)nc3cn[nH]c23)ccc1N1CCOCC1. The Kier molecular flexibility index (Phi) is 6.14. The van der Waals surface area contributed by atoms with Crippen molar-refractivity contribution in [2.75, 3.05) is 54.6 Å². The fourth-order valence-electron chi connectivity index (χ4n) is 3.95. The van der Waals surface area contributed by atoms with Crippen molar-refractivity contribution in [3.63, 3.8) is 0 Å². The van der Waals surface area contributed by atoms with Gasteiger partial charge in [-0.1, -0.05) is 12.1 Å². The molecule has 12 heteroatoms. The number of nitrogens with zero attached hydrogens (tertiary/aromatic N) is 4. The third-order valence-electron chi connectivity index (χ3n) is 5.52. The fourth-order valence-corrected chi connectivity index (χ4v) is 4.51. The highest BCUT2D eigenvalue weighted by Gasteiger charge is 2.17. The van der Waals surface area contributed by atoms with Crippen LogP contribution in [0.1, 0.15) is 0 Å². The Balaban J connectivity index is 1.49. The van der Waals surface area contributed by atoms with E-state index in [1.165, 1.54) is 0 Å². The molecule has 5 rings (SSSR count). The molecule has 1 aliphatic rings. The van der Waals surface area contributed by atoms with Gasteiger partial charge in [-0.25, -0.2) is 18.4 Å². The minimum Gasteiger partial charge on any atom is -0.495 e. The van der Waals surface area contributed by atoms with E-state index in [2.05, 4.69) is 30.1 Å². The summed E-state index contributed by atoms with van der Waals surface area (Å²) in [5.74, 6) is 1.70. The van der Waals surface area contributed by atoms with Crippen molar-refractivity contribution in [2.24, 2.45) is 0 Å². The van der Waals surface area contributed by atoms with E-state index in [0.717, 1.165) is 36.5 Å². The third-order valence-corrected chi connectivity index (χ3v) is 6.12. The van der Waals surface area contributed by atoms with Crippen molar-refractivity contribution in [3.05, 3.63) is 48.7 Å². The maximum Gasteiger partial charge on any atom is 0.229 e. The topological polar surface area (TPSA) is 134 Å². The molecule has 0 unspecified atom stereocenters. The number of sulfonamides is 1. The molecular weight excluding hydrogens is 470 g/mol. The lowest BCUT2D eigenvalue weighted by molar-refractivity contribution is 0.122. The van der Waals surface area contributed by atoms with Crippen LogP contribution in [-0.4, -0.2) is 68.3 Å². The summed E-state index contributed by atoms with van der Waals surface area (Å²) < 4.78 is 36.9. The van der Waals surface area contributed by atoms with E-state index >= 15 is 0 Å². The van der Waals surface area contributed by atoms with Crippen LogP contribution in [0.3, 0.4) is 0 Å². The van der Waals surface area contributed by atoms with Crippen molar-refractivity contribution in [1.82, 2.24) is 20.2 Å². The second-order valence-corrected chi connectivity index (χ2v) is 9.84. The highest BCUT2D eigenvalue weighted by atomic mass is 32.2. The Morgan fingerprint density at radius 2 is 1.91 bits per heavy atom. The van der Waals surface area contributed by atoms with Gasteiger partial charge < -0.3 is 19.7 Å². The molecule has 2 aromatic carbocycles. The van der Waals surface area contributed by atoms with Crippen LogP contribution in [0.5, 0.6) is 5.75 Å². The van der Waals surface area contributed by atoms with Crippen molar-refractivity contribution >= 4 is 43.9 Å². The number of anilines is 4. The molecule has 1 fully saturated rings. The minimum absolute atomic E-state index is 0.426. The predicted octanol–water partition coefficient (Wildman–Crippen LogP) is 2.98. The Hall–Kier alpha value is -3.90. The van der Waals surface area contributed by atoms with Gasteiger partial charge in [0.2, 0.25) is 10.0 Å². The van der Waals surface area contributed by atoms with Crippen molar-refractivity contribution < 1.29 is 17.9 Å². The maximum absolute atomic E-state index is 11.6. The first kappa shape index (κ1) is 22.9. The quantitative estimate of drug-likeness (QED) is 0.354. The Labute approximate surface area is 202 Å². The van der Waals surface area contributed by atoms with Gasteiger partial charge in [0.1, 0.15) is 16.8 Å². The molecule has 0 spiro atoms. The number of methoxy groups -OCH3 is 1. The number of rotatable bonds is 7. The van der Waals surface area contributed by atoms with Gasteiger partial charge in [0.15, 0.2) is 11.6 Å². The molecule has 4 aromatic rings. The van der Waals surface area contributed by atoms with Crippen LogP contribution < -0.4 is 19.7 Å². The van der Waals surface area contributed by atoms with E-state index in [1.807, 2.05) is 24.3 Å². The zero-order valence-corrected chi connectivity index (χ0v) is 20.1. The molecule has 3 heterocycles. The zero-order valence-electron chi connectivity index (χ0n) is 19.3. The van der Waals surface area contributed by atoms with Gasteiger partial charge in [0.05, 0.1) is 38.5 Å². The number of nitrogens with one attached hydrogen (secondary N) is 3. The molecule has 2 aromatic heterocycles. The number of ether oxygens (including phenoxy) is 2. The predicted molar refractivity (Wildman–Crippen MR) is 135 cm³/mol. The maximum atomic E-state index is 11.6. The zero-order chi connectivity index (χ0) is 24.4. The number of H-pyrrole nitrogens is 1. The van der Waals surface area contributed by atoms with Crippen LogP contribution in [-0.2, 0) is 14.8 Å². The summed E-state index contributed by atoms with van der Waals surface area (Å²) in [6.45, 7) is 2.98. The molecule has 0 aliphatic carbocycles. The molecule has 0 amide bonds. The van der Waals surface area contributed by atoms with Gasteiger partial charge in [-0.05, 0) is 24.3 Å². The number of hydrogen-bond donors (Lipinski definition) is 3. The monoisotopic (exact) mass is 495 g/mol. The number of fused-ring (bicyclic) bond motifs is 1. The van der Waals surface area contributed by atoms with Crippen LogP contribution >= 0.6 is 0 Å². The molecule has 0 atom stereocenters. The van der Waals surface area contributed by atoms with Gasteiger partial charge in [-0.3, -0.25) is 9.82 Å². The second kappa shape index (κ2) is 9.39. The lowest BCUT2D eigenvalue weighted by Gasteiger charge is -2.30. The van der Waals surface area contributed by atoms with E-state index in [1.54, 1.807) is 31.5 Å². The molecular formula is C23H25N7O4S. The van der Waals surface area contributed by atoms with Crippen LogP contribution in [0.4, 0.5) is 22.9 Å². The summed E-state index contributed by atoms with van der Waals surface area (Å²) in [7, 11) is -1.76. The second-order valence-electron chi connectivity index (χ2n) is 8.09. The molecule has 1 saturated heterocycles. The van der Waals surface area contributed by atoms with E-state index in [9.17, 15) is 8.42 Å². The molecule has 182 valence electrons. The first-order valence-electron chi connectivity index (χ1n) is 11.0. The Bertz CT molecular complexity index is 1470. The first-order valence-corrected chi connectivity index (χ1v) is 12.9. The van der Waals surface area contributed by atoms with Gasteiger partial charge in [-0.2, -0.15) is 5.10 Å². The Morgan fingerprint density at radius 3 is 2.69 bits per heavy atom. The van der Waals surface area contributed by atoms with E-state index in [0.29, 0.717) is 47.1 Å². The summed E-state index contributed by atoms with van der Waals surface area (Å²) in [5.41, 5.74) is 4.15. The summed E-state index contributed by atoms with van der Waals surface area (Å²) in [5, 5.41) is 10.4. The standard InChI is InChI=1S/C23H25N7O4S/c1-33-20-13-16(6-7-19(20)30-8-10-34-11-9-30)25-23-21-18(14-24-28-21)26-22(27-23)15-4-3-5-17(12-15)29-35(2,31)32/h3-7,12-14,29H,8-11H2,1-2H3,(H,24,28)(H,25,26,27). The lowest BCUT2D eigenvalue weighted by Crippen LogP contribution is -2.36. The normalized spacial score (nSPS) is 14.2. The number of aromatic amines is 1. The lowest BCUT2D eigenvalue weighted by atomic mass is 10.2. The summed E-state index contributed by atoms with van der Waals surface area (Å²) in [6.07, 6.45) is 2.72. The van der Waals surface area contributed by atoms with Crippen molar-refractivity contribution in [3.8, 4) is 17.1 Å².